The van der Waals surface area contributed by atoms with Gasteiger partial charge in [0.15, 0.2) is 17.7 Å². The Labute approximate surface area is 197 Å². The Bertz CT molecular complexity index is 646. The number of carbonyl (C=O) groups excluding carboxylic acids is 2. The van der Waals surface area contributed by atoms with Crippen molar-refractivity contribution in [2.45, 2.75) is 121 Å². The molecule has 0 aromatic carbocycles. The predicted molar refractivity (Wildman–Crippen MR) is 125 cm³/mol. The van der Waals surface area contributed by atoms with Gasteiger partial charge in [-0.2, -0.15) is 0 Å². The van der Waals surface area contributed by atoms with Crippen molar-refractivity contribution in [3.8, 4) is 0 Å². The standard InChI is InChI=1S/C24H43N3O6/c1-2-3-4-5-6-7-8-9-10-11-12-13-14-19(29)24(25)15-16-27(23(32)26-24)22-21(31)20(30)18(17-28)33-22/h15-16,18,20-22,28,30-31H,2-14,17,25H2,1H3,(H,26,32)/t18-,20-,21-,22-,24?/m1/s1. The number of urea groups is 1. The first-order chi connectivity index (χ1) is 15.8. The van der Waals surface area contributed by atoms with E-state index in [1.165, 1.54) is 70.1 Å². The topological polar surface area (TPSA) is 145 Å². The van der Waals surface area contributed by atoms with E-state index in [9.17, 15) is 24.9 Å². The van der Waals surface area contributed by atoms with Crippen LogP contribution in [-0.2, 0) is 9.53 Å². The van der Waals surface area contributed by atoms with Crippen LogP contribution in [0.4, 0.5) is 4.79 Å². The maximum atomic E-state index is 12.6. The molecule has 2 aliphatic rings. The molecule has 33 heavy (non-hydrogen) atoms. The summed E-state index contributed by atoms with van der Waals surface area (Å²) in [4.78, 5) is 26.2. The van der Waals surface area contributed by atoms with E-state index in [-0.39, 0.29) is 12.2 Å². The molecule has 0 aromatic heterocycles. The zero-order valence-corrected chi connectivity index (χ0v) is 20.0. The van der Waals surface area contributed by atoms with Crippen molar-refractivity contribution in [3.05, 3.63) is 12.3 Å². The van der Waals surface area contributed by atoms with Gasteiger partial charge in [0.1, 0.15) is 18.3 Å². The number of carbonyl (C=O) groups is 2. The van der Waals surface area contributed by atoms with E-state index in [2.05, 4.69) is 12.2 Å². The highest BCUT2D eigenvalue weighted by Gasteiger charge is 2.48. The number of nitrogens with zero attached hydrogens (tertiary/aromatic N) is 1. The molecule has 1 unspecified atom stereocenters. The second-order valence-electron chi connectivity index (χ2n) is 9.31. The third-order valence-corrected chi connectivity index (χ3v) is 6.56. The summed E-state index contributed by atoms with van der Waals surface area (Å²) in [7, 11) is 0. The molecule has 6 N–H and O–H groups in total. The van der Waals surface area contributed by atoms with Crippen LogP contribution in [0, 0.1) is 0 Å². The Morgan fingerprint density at radius 2 is 1.58 bits per heavy atom. The zero-order valence-electron chi connectivity index (χ0n) is 20.0. The molecule has 2 aliphatic heterocycles. The highest BCUT2D eigenvalue weighted by atomic mass is 16.6. The Kier molecular flexibility index (Phi) is 11.8. The first kappa shape index (κ1) is 27.7. The van der Waals surface area contributed by atoms with Crippen molar-refractivity contribution in [1.29, 1.82) is 0 Å². The van der Waals surface area contributed by atoms with Gasteiger partial charge in [0.25, 0.3) is 0 Å². The Balaban J connectivity index is 1.65. The second-order valence-corrected chi connectivity index (χ2v) is 9.31. The van der Waals surface area contributed by atoms with Crippen LogP contribution in [0.1, 0.15) is 90.4 Å². The van der Waals surface area contributed by atoms with E-state index < -0.39 is 42.8 Å². The molecule has 1 fully saturated rings. The predicted octanol–water partition coefficient (Wildman–Crippen LogP) is 2.28. The lowest BCUT2D eigenvalue weighted by Gasteiger charge is -2.36. The number of nitrogens with one attached hydrogen (secondary N) is 1. The number of Topliss-reactive ketones (excluding diaryl/α,β-unsaturated/α-hetero) is 1. The molecule has 0 radical (unpaired) electrons. The minimum atomic E-state index is -1.61. The number of unbranched alkanes of at least 4 members (excludes halogenated alkanes) is 11. The van der Waals surface area contributed by atoms with Crippen LogP contribution in [0.25, 0.3) is 0 Å². The van der Waals surface area contributed by atoms with Crippen LogP contribution < -0.4 is 11.1 Å². The quantitative estimate of drug-likeness (QED) is 0.218. The summed E-state index contributed by atoms with van der Waals surface area (Å²) in [5.74, 6) is -0.278. The van der Waals surface area contributed by atoms with Crippen LogP contribution in [-0.4, -0.2) is 68.8 Å². The molecule has 2 heterocycles. The van der Waals surface area contributed by atoms with E-state index in [0.717, 1.165) is 24.2 Å². The molecule has 0 aliphatic carbocycles. The number of hydrogen-bond acceptors (Lipinski definition) is 7. The van der Waals surface area contributed by atoms with E-state index in [1.54, 1.807) is 0 Å². The number of rotatable bonds is 16. The number of hydrogen-bond donors (Lipinski definition) is 5. The molecule has 9 heteroatoms. The van der Waals surface area contributed by atoms with Gasteiger partial charge in [0, 0.05) is 12.6 Å². The van der Waals surface area contributed by atoms with E-state index in [1.807, 2.05) is 0 Å². The van der Waals surface area contributed by atoms with Crippen molar-refractivity contribution >= 4 is 11.8 Å². The first-order valence-electron chi connectivity index (χ1n) is 12.6. The number of aliphatic hydroxyl groups is 3. The number of aliphatic hydroxyl groups excluding tert-OH is 3. The SMILES string of the molecule is CCCCCCCCCCCCCCC(=O)C1(N)C=CN([C@@H]2O[C@H](CO)[C@@H](O)[C@H]2O)C(=O)N1. The maximum Gasteiger partial charge on any atom is 0.325 e. The Morgan fingerprint density at radius 1 is 1.03 bits per heavy atom. The van der Waals surface area contributed by atoms with Gasteiger partial charge in [-0.05, 0) is 12.5 Å². The third kappa shape index (κ3) is 8.03. The van der Waals surface area contributed by atoms with E-state index in [4.69, 9.17) is 10.5 Å². The molecule has 0 saturated carbocycles. The van der Waals surface area contributed by atoms with Crippen LogP contribution in [0.15, 0.2) is 12.3 Å². The van der Waals surface area contributed by atoms with Crippen molar-refractivity contribution in [2.75, 3.05) is 6.61 Å². The minimum absolute atomic E-state index is 0.270. The molecule has 0 spiro atoms. The van der Waals surface area contributed by atoms with Crippen molar-refractivity contribution in [2.24, 2.45) is 5.73 Å². The zero-order chi connectivity index (χ0) is 24.3. The Morgan fingerprint density at radius 3 is 2.06 bits per heavy atom. The van der Waals surface area contributed by atoms with Gasteiger partial charge in [-0.3, -0.25) is 15.4 Å². The number of nitrogens with two attached hydrogens (primary N) is 1. The van der Waals surface area contributed by atoms with Crippen LogP contribution in [0.2, 0.25) is 0 Å². The lowest BCUT2D eigenvalue weighted by atomic mass is 9.98. The molecular weight excluding hydrogens is 426 g/mol. The lowest BCUT2D eigenvalue weighted by Crippen LogP contribution is -2.66. The molecule has 5 atom stereocenters. The number of ether oxygens (including phenoxy) is 1. The molecule has 190 valence electrons. The summed E-state index contributed by atoms with van der Waals surface area (Å²) in [6, 6.07) is -0.710. The summed E-state index contributed by atoms with van der Waals surface area (Å²) in [5, 5.41) is 31.7. The van der Waals surface area contributed by atoms with Crippen LogP contribution in [0.3, 0.4) is 0 Å². The fraction of sp³-hybridized carbons (Fsp3) is 0.833. The normalized spacial score (nSPS) is 29.5. The van der Waals surface area contributed by atoms with E-state index in [0.29, 0.717) is 0 Å². The fourth-order valence-electron chi connectivity index (χ4n) is 4.35. The van der Waals surface area contributed by atoms with Gasteiger partial charge in [-0.1, -0.05) is 77.6 Å². The van der Waals surface area contributed by atoms with Gasteiger partial charge in [-0.15, -0.1) is 0 Å². The van der Waals surface area contributed by atoms with Gasteiger partial charge in [0.2, 0.25) is 0 Å². The van der Waals surface area contributed by atoms with Crippen molar-refractivity contribution in [1.82, 2.24) is 10.2 Å². The van der Waals surface area contributed by atoms with Gasteiger partial charge in [-0.25, -0.2) is 4.79 Å². The van der Waals surface area contributed by atoms with Crippen LogP contribution in [0.5, 0.6) is 0 Å². The number of amides is 2. The molecule has 0 aromatic rings. The van der Waals surface area contributed by atoms with E-state index >= 15 is 0 Å². The average molecular weight is 470 g/mol. The maximum absolute atomic E-state index is 12.6. The number of ketones is 1. The fourth-order valence-corrected chi connectivity index (χ4v) is 4.35. The molecule has 0 bridgehead atoms. The smallest absolute Gasteiger partial charge is 0.325 e. The van der Waals surface area contributed by atoms with Gasteiger partial charge in [0.05, 0.1) is 6.61 Å². The Hall–Kier alpha value is -1.52. The highest BCUT2D eigenvalue weighted by Crippen LogP contribution is 2.26. The second kappa shape index (κ2) is 14.0. The summed E-state index contributed by atoms with van der Waals surface area (Å²) in [6.45, 7) is 1.74. The lowest BCUT2D eigenvalue weighted by molar-refractivity contribution is -0.124. The largest absolute Gasteiger partial charge is 0.394 e. The van der Waals surface area contributed by atoms with Gasteiger partial charge >= 0.3 is 6.03 Å². The summed E-state index contributed by atoms with van der Waals surface area (Å²) in [6.07, 6.45) is 12.4. The van der Waals surface area contributed by atoms with Crippen molar-refractivity contribution in [3.63, 3.8) is 0 Å². The first-order valence-corrected chi connectivity index (χ1v) is 12.6. The highest BCUT2D eigenvalue weighted by molar-refractivity contribution is 5.95. The summed E-state index contributed by atoms with van der Waals surface area (Å²) in [5.41, 5.74) is 4.51. The summed E-state index contributed by atoms with van der Waals surface area (Å²) >= 11 is 0. The molecule has 1 saturated heterocycles. The van der Waals surface area contributed by atoms with Crippen LogP contribution >= 0.6 is 0 Å². The minimum Gasteiger partial charge on any atom is -0.394 e. The molecule has 9 nitrogen and oxygen atoms in total. The molecular formula is C24H43N3O6. The summed E-state index contributed by atoms with van der Waals surface area (Å²) < 4.78 is 5.36. The third-order valence-electron chi connectivity index (χ3n) is 6.56. The van der Waals surface area contributed by atoms with Crippen molar-refractivity contribution < 1.29 is 29.6 Å². The average Bonchev–Trinajstić information content (AvgIpc) is 3.08. The monoisotopic (exact) mass is 469 g/mol. The molecule has 2 amide bonds. The molecule has 2 rings (SSSR count). The van der Waals surface area contributed by atoms with Gasteiger partial charge < -0.3 is 25.4 Å².